The molecule has 1 aromatic rings. The molecule has 0 aliphatic heterocycles. The number of aromatic amines is 1. The van der Waals surface area contributed by atoms with E-state index in [0.717, 1.165) is 6.42 Å². The number of nitrogens with zero attached hydrogens (tertiary/aromatic N) is 1. The molecular formula is C11H18N4O3S. The lowest BCUT2D eigenvalue weighted by Crippen LogP contribution is -2.28. The summed E-state index contributed by atoms with van der Waals surface area (Å²) in [5, 5.41) is 14.2. The van der Waals surface area contributed by atoms with Crippen molar-refractivity contribution < 1.29 is 13.2 Å². The number of carbonyl (C=O) groups is 1. The zero-order chi connectivity index (χ0) is 14.2. The largest absolute Gasteiger partial charge is 0.350 e. The molecule has 1 saturated carbocycles. The first-order valence-corrected chi connectivity index (χ1v) is 7.77. The van der Waals surface area contributed by atoms with E-state index in [2.05, 4.69) is 22.4 Å². The lowest BCUT2D eigenvalue weighted by Gasteiger charge is -2.04. The van der Waals surface area contributed by atoms with Gasteiger partial charge in [-0.25, -0.2) is 13.6 Å². The summed E-state index contributed by atoms with van der Waals surface area (Å²) in [5.74, 6) is 0.592. The van der Waals surface area contributed by atoms with Crippen molar-refractivity contribution in [3.8, 4) is 0 Å². The second-order valence-corrected chi connectivity index (χ2v) is 6.46. The van der Waals surface area contributed by atoms with Crippen LogP contribution in [0.15, 0.2) is 4.90 Å². The van der Waals surface area contributed by atoms with Crippen LogP contribution in [-0.4, -0.2) is 31.1 Å². The summed E-state index contributed by atoms with van der Waals surface area (Å²) >= 11 is 0. The van der Waals surface area contributed by atoms with Crippen LogP contribution >= 0.6 is 0 Å². The lowest BCUT2D eigenvalue weighted by molar-refractivity contribution is 0.0943. The van der Waals surface area contributed by atoms with Gasteiger partial charge in [-0.2, -0.15) is 5.10 Å². The quantitative estimate of drug-likeness (QED) is 0.706. The van der Waals surface area contributed by atoms with Crippen LogP contribution in [0.25, 0.3) is 0 Å². The van der Waals surface area contributed by atoms with Crippen LogP contribution < -0.4 is 10.5 Å². The van der Waals surface area contributed by atoms with Crippen LogP contribution in [0, 0.1) is 11.8 Å². The van der Waals surface area contributed by atoms with Crippen molar-refractivity contribution in [1.82, 2.24) is 15.5 Å². The minimum Gasteiger partial charge on any atom is -0.350 e. The number of nitrogens with two attached hydrogens (primary N) is 1. The van der Waals surface area contributed by atoms with Crippen LogP contribution in [0.1, 0.15) is 36.5 Å². The topological polar surface area (TPSA) is 118 Å². The van der Waals surface area contributed by atoms with Crippen molar-refractivity contribution in [2.24, 2.45) is 17.0 Å². The van der Waals surface area contributed by atoms with Gasteiger partial charge in [0.25, 0.3) is 5.91 Å². The summed E-state index contributed by atoms with van der Waals surface area (Å²) in [4.78, 5) is 11.8. The van der Waals surface area contributed by atoms with E-state index in [4.69, 9.17) is 5.14 Å². The molecule has 7 nitrogen and oxygen atoms in total. The first-order chi connectivity index (χ1) is 8.84. The van der Waals surface area contributed by atoms with E-state index in [9.17, 15) is 13.2 Å². The highest BCUT2D eigenvalue weighted by atomic mass is 32.2. The van der Waals surface area contributed by atoms with Crippen LogP contribution in [0.2, 0.25) is 0 Å². The fourth-order valence-electron chi connectivity index (χ4n) is 2.06. The van der Waals surface area contributed by atoms with E-state index in [1.165, 1.54) is 0 Å². The predicted molar refractivity (Wildman–Crippen MR) is 68.9 cm³/mol. The average molecular weight is 286 g/mol. The van der Waals surface area contributed by atoms with Crippen LogP contribution in [0.4, 0.5) is 0 Å². The molecule has 0 saturated heterocycles. The normalized spacial score (nSPS) is 22.3. The van der Waals surface area contributed by atoms with Crippen molar-refractivity contribution >= 4 is 15.9 Å². The summed E-state index contributed by atoms with van der Waals surface area (Å²) in [6.07, 6.45) is 1.49. The Bertz CT molecular complexity index is 593. The van der Waals surface area contributed by atoms with E-state index in [1.54, 1.807) is 6.92 Å². The minimum atomic E-state index is -3.97. The maximum absolute atomic E-state index is 12.0. The summed E-state index contributed by atoms with van der Waals surface area (Å²) < 4.78 is 23.1. The van der Waals surface area contributed by atoms with Crippen molar-refractivity contribution in [1.29, 1.82) is 0 Å². The highest BCUT2D eigenvalue weighted by Gasteiger charge is 2.33. The van der Waals surface area contributed by atoms with E-state index in [1.807, 2.05) is 0 Å². The molecule has 2 rings (SSSR count). The zero-order valence-corrected chi connectivity index (χ0v) is 11.8. The number of amides is 1. The Morgan fingerprint density at radius 1 is 1.58 bits per heavy atom. The number of rotatable bonds is 5. The van der Waals surface area contributed by atoms with Gasteiger partial charge in [-0.05, 0) is 24.7 Å². The highest BCUT2D eigenvalue weighted by molar-refractivity contribution is 7.89. The first kappa shape index (κ1) is 14.0. The van der Waals surface area contributed by atoms with Gasteiger partial charge in [0, 0.05) is 6.54 Å². The van der Waals surface area contributed by atoms with Crippen molar-refractivity contribution in [2.45, 2.75) is 31.6 Å². The van der Waals surface area contributed by atoms with E-state index < -0.39 is 15.9 Å². The molecule has 1 aliphatic carbocycles. The van der Waals surface area contributed by atoms with Crippen LogP contribution in [0.5, 0.6) is 0 Å². The van der Waals surface area contributed by atoms with Crippen molar-refractivity contribution in [3.05, 3.63) is 11.4 Å². The Hall–Kier alpha value is -1.41. The van der Waals surface area contributed by atoms with Gasteiger partial charge in [-0.1, -0.05) is 13.8 Å². The Morgan fingerprint density at radius 3 is 2.68 bits per heavy atom. The van der Waals surface area contributed by atoms with E-state index >= 15 is 0 Å². The van der Waals surface area contributed by atoms with Gasteiger partial charge in [-0.15, -0.1) is 0 Å². The molecule has 19 heavy (non-hydrogen) atoms. The van der Waals surface area contributed by atoms with E-state index in [-0.39, 0.29) is 10.6 Å². The highest BCUT2D eigenvalue weighted by Crippen LogP contribution is 2.36. The number of hydrogen-bond acceptors (Lipinski definition) is 4. The Kier molecular flexibility index (Phi) is 3.64. The predicted octanol–water partition coefficient (Wildman–Crippen LogP) is 0.00530. The summed E-state index contributed by atoms with van der Waals surface area (Å²) in [7, 11) is -3.97. The number of primary sulfonamides is 1. The van der Waals surface area contributed by atoms with Gasteiger partial charge in [0.1, 0.15) is 4.90 Å². The number of sulfonamides is 1. The third-order valence-corrected chi connectivity index (χ3v) is 4.45. The first-order valence-electron chi connectivity index (χ1n) is 6.22. The molecule has 1 amide bonds. The summed E-state index contributed by atoms with van der Waals surface area (Å²) in [5.41, 5.74) is 0.208. The minimum absolute atomic E-state index is 0.146. The Morgan fingerprint density at radius 2 is 2.21 bits per heavy atom. The summed E-state index contributed by atoms with van der Waals surface area (Å²) in [6.45, 7) is 4.41. The number of hydrogen-bond donors (Lipinski definition) is 3. The SMILES string of the molecule is CCc1[nH]nc(C(=O)NCC2CC2C)c1S(N)(=O)=O. The molecule has 8 heteroatoms. The van der Waals surface area contributed by atoms with Gasteiger partial charge in [0.15, 0.2) is 5.69 Å². The monoisotopic (exact) mass is 286 g/mol. The fraction of sp³-hybridized carbons (Fsp3) is 0.636. The van der Waals surface area contributed by atoms with Crippen molar-refractivity contribution in [3.63, 3.8) is 0 Å². The third-order valence-electron chi connectivity index (χ3n) is 3.45. The molecule has 1 aromatic heterocycles. The van der Waals surface area contributed by atoms with Gasteiger partial charge in [0.2, 0.25) is 10.0 Å². The number of nitrogens with one attached hydrogen (secondary N) is 2. The van der Waals surface area contributed by atoms with Crippen LogP contribution in [0.3, 0.4) is 0 Å². The number of carbonyl (C=O) groups excluding carboxylic acids is 1. The molecule has 1 heterocycles. The number of aromatic nitrogens is 2. The molecule has 1 aliphatic rings. The second kappa shape index (κ2) is 4.93. The molecule has 106 valence electrons. The summed E-state index contributed by atoms with van der Waals surface area (Å²) in [6, 6.07) is 0. The average Bonchev–Trinajstić information content (AvgIpc) is 2.87. The van der Waals surface area contributed by atoms with Gasteiger partial charge >= 0.3 is 0 Å². The molecule has 2 unspecified atom stereocenters. The molecule has 0 radical (unpaired) electrons. The molecule has 0 aromatic carbocycles. The zero-order valence-electron chi connectivity index (χ0n) is 10.9. The maximum Gasteiger partial charge on any atom is 0.273 e. The standard InChI is InChI=1S/C11H18N4O3S/c1-3-8-10(19(12,17)18)9(15-14-8)11(16)13-5-7-4-6(7)2/h6-7H,3-5H2,1-2H3,(H,13,16)(H,14,15)(H2,12,17,18). The molecule has 4 N–H and O–H groups in total. The lowest BCUT2D eigenvalue weighted by atomic mass is 10.3. The van der Waals surface area contributed by atoms with Crippen molar-refractivity contribution in [2.75, 3.05) is 6.54 Å². The van der Waals surface area contributed by atoms with Gasteiger partial charge in [0.05, 0.1) is 5.69 Å². The molecule has 2 atom stereocenters. The third kappa shape index (κ3) is 2.95. The number of H-pyrrole nitrogens is 1. The van der Waals surface area contributed by atoms with Gasteiger partial charge in [-0.3, -0.25) is 9.89 Å². The molecule has 0 spiro atoms. The molecule has 0 bridgehead atoms. The Balaban J connectivity index is 2.19. The smallest absolute Gasteiger partial charge is 0.273 e. The fourth-order valence-corrected chi connectivity index (χ4v) is 3.00. The van der Waals surface area contributed by atoms with Crippen LogP contribution in [-0.2, 0) is 16.4 Å². The number of aryl methyl sites for hydroxylation is 1. The molecular weight excluding hydrogens is 268 g/mol. The Labute approximate surface area is 112 Å². The maximum atomic E-state index is 12.0. The second-order valence-electron chi connectivity index (χ2n) is 4.96. The molecule has 1 fully saturated rings. The van der Waals surface area contributed by atoms with Gasteiger partial charge < -0.3 is 5.32 Å². The van der Waals surface area contributed by atoms with E-state index in [0.29, 0.717) is 30.5 Å².